The van der Waals surface area contributed by atoms with Crippen LogP contribution < -0.4 is 0 Å². The van der Waals surface area contributed by atoms with Crippen LogP contribution in [0.15, 0.2) is 0 Å². The molecule has 0 aromatic rings. The van der Waals surface area contributed by atoms with Crippen LogP contribution in [0, 0.1) is 11.8 Å². The van der Waals surface area contributed by atoms with Gasteiger partial charge in [0.15, 0.2) is 0 Å². The van der Waals surface area contributed by atoms with Gasteiger partial charge in [-0.2, -0.15) is 0 Å². The number of carbonyl (C=O) groups is 1. The Kier molecular flexibility index (Phi) is 3.93. The van der Waals surface area contributed by atoms with Gasteiger partial charge < -0.3 is 5.11 Å². The Bertz CT molecular complexity index is 203. The third-order valence-corrected chi connectivity index (χ3v) is 2.97. The van der Waals surface area contributed by atoms with Gasteiger partial charge in [-0.1, -0.05) is 20.8 Å². The van der Waals surface area contributed by atoms with Crippen LogP contribution >= 0.6 is 0 Å². The zero-order valence-corrected chi connectivity index (χ0v) is 9.36. The van der Waals surface area contributed by atoms with E-state index in [1.165, 1.54) is 6.42 Å². The van der Waals surface area contributed by atoms with E-state index in [2.05, 4.69) is 11.8 Å². The highest BCUT2D eigenvalue weighted by Gasteiger charge is 2.31. The molecule has 1 fully saturated rings. The highest BCUT2D eigenvalue weighted by atomic mass is 16.4. The minimum absolute atomic E-state index is 0.192. The Morgan fingerprint density at radius 3 is 2.57 bits per heavy atom. The molecular weight excluding hydrogens is 178 g/mol. The van der Waals surface area contributed by atoms with E-state index in [0.717, 1.165) is 19.5 Å². The second-order valence-electron chi connectivity index (χ2n) is 4.77. The largest absolute Gasteiger partial charge is 0.480 e. The van der Waals surface area contributed by atoms with E-state index in [0.29, 0.717) is 5.92 Å². The van der Waals surface area contributed by atoms with Gasteiger partial charge in [-0.05, 0) is 31.2 Å². The van der Waals surface area contributed by atoms with Crippen LogP contribution in [0.2, 0.25) is 0 Å². The van der Waals surface area contributed by atoms with E-state index >= 15 is 0 Å². The number of carboxylic acids is 1. The second kappa shape index (κ2) is 4.78. The standard InChI is InChI=1S/C11H21NO2/c1-8(2)10(11(13)14)12-6-4-5-9(3)7-12/h8-10H,4-7H2,1-3H3,(H,13,14)/t9-,10-/m1/s1. The zero-order valence-electron chi connectivity index (χ0n) is 9.36. The summed E-state index contributed by atoms with van der Waals surface area (Å²) >= 11 is 0. The molecule has 1 saturated heterocycles. The molecule has 1 aliphatic rings. The summed E-state index contributed by atoms with van der Waals surface area (Å²) in [5.74, 6) is 0.163. The van der Waals surface area contributed by atoms with E-state index < -0.39 is 5.97 Å². The van der Waals surface area contributed by atoms with Gasteiger partial charge in [0, 0.05) is 6.54 Å². The maximum Gasteiger partial charge on any atom is 0.321 e. The lowest BCUT2D eigenvalue weighted by Crippen LogP contribution is -2.48. The lowest BCUT2D eigenvalue weighted by molar-refractivity contribution is -0.145. The van der Waals surface area contributed by atoms with Crippen molar-refractivity contribution in [2.75, 3.05) is 13.1 Å². The van der Waals surface area contributed by atoms with Crippen molar-refractivity contribution in [3.63, 3.8) is 0 Å². The molecule has 1 rings (SSSR count). The number of likely N-dealkylation sites (tertiary alicyclic amines) is 1. The van der Waals surface area contributed by atoms with Gasteiger partial charge >= 0.3 is 5.97 Å². The number of carboxylic acid groups (broad SMARTS) is 1. The summed E-state index contributed by atoms with van der Waals surface area (Å²) in [4.78, 5) is 13.2. The first-order valence-electron chi connectivity index (χ1n) is 5.49. The summed E-state index contributed by atoms with van der Waals surface area (Å²) in [7, 11) is 0. The Morgan fingerprint density at radius 1 is 1.50 bits per heavy atom. The summed E-state index contributed by atoms with van der Waals surface area (Å²) in [5, 5.41) is 9.14. The molecule has 0 aliphatic carbocycles. The molecule has 2 atom stereocenters. The summed E-state index contributed by atoms with van der Waals surface area (Å²) in [6.07, 6.45) is 2.37. The fraction of sp³-hybridized carbons (Fsp3) is 0.909. The third-order valence-electron chi connectivity index (χ3n) is 2.97. The van der Waals surface area contributed by atoms with Crippen LogP contribution in [0.3, 0.4) is 0 Å². The van der Waals surface area contributed by atoms with Crippen LogP contribution in [0.1, 0.15) is 33.6 Å². The Morgan fingerprint density at radius 2 is 2.14 bits per heavy atom. The smallest absolute Gasteiger partial charge is 0.321 e. The Hall–Kier alpha value is -0.570. The fourth-order valence-corrected chi connectivity index (χ4v) is 2.34. The minimum Gasteiger partial charge on any atom is -0.480 e. The number of nitrogens with zero attached hydrogens (tertiary/aromatic N) is 1. The summed E-state index contributed by atoms with van der Waals surface area (Å²) in [5.41, 5.74) is 0. The number of hydrogen-bond donors (Lipinski definition) is 1. The highest BCUT2D eigenvalue weighted by Crippen LogP contribution is 2.21. The van der Waals surface area contributed by atoms with Crippen molar-refractivity contribution in [1.82, 2.24) is 4.90 Å². The molecule has 0 amide bonds. The quantitative estimate of drug-likeness (QED) is 0.754. The first-order valence-corrected chi connectivity index (χ1v) is 5.49. The van der Waals surface area contributed by atoms with E-state index in [9.17, 15) is 4.79 Å². The van der Waals surface area contributed by atoms with Crippen molar-refractivity contribution in [3.8, 4) is 0 Å². The molecule has 0 unspecified atom stereocenters. The number of aliphatic carboxylic acids is 1. The van der Waals surface area contributed by atoms with Gasteiger partial charge in [0.25, 0.3) is 0 Å². The van der Waals surface area contributed by atoms with E-state index in [4.69, 9.17) is 5.11 Å². The normalized spacial score (nSPS) is 26.4. The van der Waals surface area contributed by atoms with Gasteiger partial charge in [-0.15, -0.1) is 0 Å². The van der Waals surface area contributed by atoms with Crippen LogP contribution in [0.4, 0.5) is 0 Å². The van der Waals surface area contributed by atoms with E-state index in [1.54, 1.807) is 0 Å². The molecule has 1 N–H and O–H groups in total. The van der Waals surface area contributed by atoms with Crippen LogP contribution in [-0.2, 0) is 4.79 Å². The molecular formula is C11H21NO2. The van der Waals surface area contributed by atoms with E-state index in [1.807, 2.05) is 13.8 Å². The Balaban J connectivity index is 2.63. The molecule has 3 nitrogen and oxygen atoms in total. The van der Waals surface area contributed by atoms with Crippen LogP contribution in [0.5, 0.6) is 0 Å². The summed E-state index contributed by atoms with van der Waals surface area (Å²) < 4.78 is 0. The van der Waals surface area contributed by atoms with Crippen LogP contribution in [0.25, 0.3) is 0 Å². The van der Waals surface area contributed by atoms with Crippen molar-refractivity contribution in [1.29, 1.82) is 0 Å². The average molecular weight is 199 g/mol. The molecule has 1 aliphatic heterocycles. The summed E-state index contributed by atoms with van der Waals surface area (Å²) in [6.45, 7) is 8.05. The van der Waals surface area contributed by atoms with Crippen molar-refractivity contribution in [3.05, 3.63) is 0 Å². The molecule has 14 heavy (non-hydrogen) atoms. The topological polar surface area (TPSA) is 40.5 Å². The first kappa shape index (κ1) is 11.5. The molecule has 0 bridgehead atoms. The molecule has 0 aromatic carbocycles. The molecule has 82 valence electrons. The van der Waals surface area contributed by atoms with Crippen molar-refractivity contribution in [2.24, 2.45) is 11.8 Å². The van der Waals surface area contributed by atoms with Gasteiger partial charge in [-0.3, -0.25) is 9.69 Å². The van der Waals surface area contributed by atoms with Crippen molar-refractivity contribution < 1.29 is 9.90 Å². The van der Waals surface area contributed by atoms with Gasteiger partial charge in [-0.25, -0.2) is 0 Å². The first-order chi connectivity index (χ1) is 6.52. The Labute approximate surface area is 86.1 Å². The lowest BCUT2D eigenvalue weighted by Gasteiger charge is -2.36. The maximum atomic E-state index is 11.1. The third kappa shape index (κ3) is 2.71. The fourth-order valence-electron chi connectivity index (χ4n) is 2.34. The molecule has 1 heterocycles. The molecule has 3 heteroatoms. The second-order valence-corrected chi connectivity index (χ2v) is 4.77. The predicted octanol–water partition coefficient (Wildman–Crippen LogP) is 1.83. The predicted molar refractivity (Wildman–Crippen MR) is 56.2 cm³/mol. The molecule has 0 saturated carbocycles. The van der Waals surface area contributed by atoms with Gasteiger partial charge in [0.2, 0.25) is 0 Å². The molecule has 0 aromatic heterocycles. The van der Waals surface area contributed by atoms with Gasteiger partial charge in [0.1, 0.15) is 6.04 Å². The maximum absolute atomic E-state index is 11.1. The number of hydrogen-bond acceptors (Lipinski definition) is 2. The monoisotopic (exact) mass is 199 g/mol. The number of rotatable bonds is 3. The van der Waals surface area contributed by atoms with Crippen molar-refractivity contribution >= 4 is 5.97 Å². The highest BCUT2D eigenvalue weighted by molar-refractivity contribution is 5.73. The molecule has 0 spiro atoms. The summed E-state index contributed by atoms with van der Waals surface area (Å²) in [6, 6.07) is -0.294. The zero-order chi connectivity index (χ0) is 10.7. The SMILES string of the molecule is CC(C)[C@H](C(=O)O)N1CCC[C@@H](C)C1. The van der Waals surface area contributed by atoms with Gasteiger partial charge in [0.05, 0.1) is 0 Å². The minimum atomic E-state index is -0.672. The molecule has 0 radical (unpaired) electrons. The van der Waals surface area contributed by atoms with Crippen molar-refractivity contribution in [2.45, 2.75) is 39.7 Å². The number of piperidine rings is 1. The van der Waals surface area contributed by atoms with Crippen LogP contribution in [-0.4, -0.2) is 35.1 Å². The lowest BCUT2D eigenvalue weighted by atomic mass is 9.95. The average Bonchev–Trinajstić information content (AvgIpc) is 2.02. The van der Waals surface area contributed by atoms with E-state index in [-0.39, 0.29) is 12.0 Å².